The normalized spacial score (nSPS) is 17.0. The maximum Gasteiger partial charge on any atom is 0.339 e. The lowest BCUT2D eigenvalue weighted by Crippen LogP contribution is -2.23. The van der Waals surface area contributed by atoms with Crippen LogP contribution in [0.4, 0.5) is 0 Å². The van der Waals surface area contributed by atoms with Crippen LogP contribution in [0.1, 0.15) is 40.8 Å². The van der Waals surface area contributed by atoms with Crippen molar-refractivity contribution in [3.05, 3.63) is 71.7 Å². The number of aromatic nitrogens is 2. The Morgan fingerprint density at radius 1 is 1.20 bits per heavy atom. The molecule has 5 rings (SSSR count). The maximum atomic E-state index is 11.1. The van der Waals surface area contributed by atoms with Gasteiger partial charge >= 0.3 is 5.97 Å². The number of carboxylic acids is 1. The van der Waals surface area contributed by atoms with Crippen molar-refractivity contribution in [2.75, 3.05) is 6.54 Å². The van der Waals surface area contributed by atoms with Crippen LogP contribution in [0.25, 0.3) is 22.4 Å². The van der Waals surface area contributed by atoms with Gasteiger partial charge in [-0.2, -0.15) is 0 Å². The molecule has 3 N–H and O–H groups in total. The van der Waals surface area contributed by atoms with E-state index in [4.69, 9.17) is 14.5 Å². The van der Waals surface area contributed by atoms with Gasteiger partial charge in [0.25, 0.3) is 0 Å². The highest BCUT2D eigenvalue weighted by molar-refractivity contribution is 5.91. The maximum absolute atomic E-state index is 11.1. The largest absolute Gasteiger partial charge is 0.507 e. The summed E-state index contributed by atoms with van der Waals surface area (Å²) in [6.07, 6.45) is 2.14. The number of hydrogen-bond donors (Lipinski definition) is 3. The van der Waals surface area contributed by atoms with Crippen molar-refractivity contribution >= 4 is 17.0 Å². The molecule has 1 unspecified atom stereocenters. The lowest BCUT2D eigenvalue weighted by Gasteiger charge is -2.21. The molecule has 2 aromatic heterocycles. The van der Waals surface area contributed by atoms with Crippen LogP contribution in [-0.2, 0) is 6.54 Å². The number of carboxylic acid groups (broad SMARTS) is 1. The van der Waals surface area contributed by atoms with Crippen molar-refractivity contribution < 1.29 is 19.4 Å². The van der Waals surface area contributed by atoms with E-state index in [1.54, 1.807) is 6.07 Å². The highest BCUT2D eigenvalue weighted by Crippen LogP contribution is 2.34. The molecule has 0 amide bonds. The van der Waals surface area contributed by atoms with Crippen LogP contribution in [0.15, 0.2) is 59.0 Å². The summed E-state index contributed by atoms with van der Waals surface area (Å²) in [5.74, 6) is 0.952. The molecule has 1 aliphatic rings. The van der Waals surface area contributed by atoms with Crippen molar-refractivity contribution in [3.8, 4) is 17.1 Å². The van der Waals surface area contributed by atoms with Crippen molar-refractivity contribution in [3.63, 3.8) is 0 Å². The number of likely N-dealkylation sites (tertiary alicyclic amines) is 1. The monoisotopic (exact) mass is 403 g/mol. The molecule has 0 radical (unpaired) electrons. The van der Waals surface area contributed by atoms with E-state index in [-0.39, 0.29) is 17.4 Å². The van der Waals surface area contributed by atoms with Gasteiger partial charge in [-0.1, -0.05) is 18.2 Å². The first-order chi connectivity index (χ1) is 14.6. The van der Waals surface area contributed by atoms with Crippen molar-refractivity contribution in [1.29, 1.82) is 0 Å². The number of hydrogen-bond acceptors (Lipinski definition) is 5. The third-order valence-electron chi connectivity index (χ3n) is 5.62. The number of imidazole rings is 1. The summed E-state index contributed by atoms with van der Waals surface area (Å²) < 4.78 is 6.00. The molecule has 7 heteroatoms. The number of fused-ring (bicyclic) bond motifs is 1. The molecule has 1 fully saturated rings. The predicted octanol–water partition coefficient (Wildman–Crippen LogP) is 4.56. The Morgan fingerprint density at radius 3 is 2.87 bits per heavy atom. The molecule has 7 nitrogen and oxygen atoms in total. The van der Waals surface area contributed by atoms with E-state index in [2.05, 4.69) is 9.88 Å². The summed E-state index contributed by atoms with van der Waals surface area (Å²) in [7, 11) is 0. The second kappa shape index (κ2) is 7.35. The zero-order valence-corrected chi connectivity index (χ0v) is 16.2. The number of para-hydroxylation sites is 2. The summed E-state index contributed by atoms with van der Waals surface area (Å²) in [5.41, 5.74) is 2.53. The Labute approximate surface area is 172 Å². The minimum atomic E-state index is -1.16. The van der Waals surface area contributed by atoms with E-state index in [1.807, 2.05) is 36.4 Å². The fourth-order valence-electron chi connectivity index (χ4n) is 4.14. The number of aromatic amines is 1. The molecule has 2 aromatic carbocycles. The third kappa shape index (κ3) is 3.33. The van der Waals surface area contributed by atoms with Gasteiger partial charge in [-0.05, 0) is 55.8 Å². The third-order valence-corrected chi connectivity index (χ3v) is 5.62. The summed E-state index contributed by atoms with van der Waals surface area (Å²) in [5, 5.41) is 19.0. The number of aromatic carboxylic acids is 1. The standard InChI is InChI=1S/C23H21N3O4/c27-20-12-14(7-9-16(20)23(28)29)21-10-8-15(30-21)13-26-11-3-6-19(26)22-24-17-4-1-2-5-18(17)25-22/h1-2,4-5,7-10,12,19,27H,3,6,11,13H2,(H,24,25)(H,28,29). The SMILES string of the molecule is O=C(O)c1ccc(-c2ccc(CN3CCCC3c3nc4ccccc4[nH]3)o2)cc1O. The Kier molecular flexibility index (Phi) is 4.52. The zero-order valence-electron chi connectivity index (χ0n) is 16.2. The molecule has 4 aromatic rings. The fraction of sp³-hybridized carbons (Fsp3) is 0.217. The smallest absolute Gasteiger partial charge is 0.339 e. The first-order valence-corrected chi connectivity index (χ1v) is 9.92. The number of nitrogens with zero attached hydrogens (tertiary/aromatic N) is 2. The van der Waals surface area contributed by atoms with Crippen LogP contribution in [0.3, 0.4) is 0 Å². The van der Waals surface area contributed by atoms with Gasteiger partial charge in [0.2, 0.25) is 0 Å². The summed E-state index contributed by atoms with van der Waals surface area (Å²) >= 11 is 0. The zero-order chi connectivity index (χ0) is 20.7. The number of rotatable bonds is 5. The second-order valence-corrected chi connectivity index (χ2v) is 7.57. The van der Waals surface area contributed by atoms with Gasteiger partial charge < -0.3 is 19.6 Å². The number of H-pyrrole nitrogens is 1. The van der Waals surface area contributed by atoms with Gasteiger partial charge in [0.1, 0.15) is 28.7 Å². The van der Waals surface area contributed by atoms with E-state index in [0.717, 1.165) is 42.0 Å². The number of furan rings is 1. The summed E-state index contributed by atoms with van der Waals surface area (Å²) in [4.78, 5) is 21.6. The van der Waals surface area contributed by atoms with Crippen molar-refractivity contribution in [2.24, 2.45) is 0 Å². The first-order valence-electron chi connectivity index (χ1n) is 9.92. The highest BCUT2D eigenvalue weighted by Gasteiger charge is 2.29. The van der Waals surface area contributed by atoms with Crippen LogP contribution in [0.2, 0.25) is 0 Å². The van der Waals surface area contributed by atoms with Crippen LogP contribution in [0.5, 0.6) is 5.75 Å². The van der Waals surface area contributed by atoms with Gasteiger partial charge in [0, 0.05) is 5.56 Å². The molecular weight excluding hydrogens is 382 g/mol. The van der Waals surface area contributed by atoms with Gasteiger partial charge in [-0.25, -0.2) is 9.78 Å². The molecule has 0 spiro atoms. The second-order valence-electron chi connectivity index (χ2n) is 7.57. The molecule has 1 aliphatic heterocycles. The molecular formula is C23H21N3O4. The Hall–Kier alpha value is -3.58. The van der Waals surface area contributed by atoms with Crippen molar-refractivity contribution in [1.82, 2.24) is 14.9 Å². The minimum absolute atomic E-state index is 0.128. The van der Waals surface area contributed by atoms with Crippen LogP contribution in [0, 0.1) is 0 Å². The van der Waals surface area contributed by atoms with Crippen LogP contribution < -0.4 is 0 Å². The Balaban J connectivity index is 1.35. The Morgan fingerprint density at radius 2 is 2.07 bits per heavy atom. The van der Waals surface area contributed by atoms with E-state index in [0.29, 0.717) is 17.9 Å². The van der Waals surface area contributed by atoms with E-state index in [1.165, 1.54) is 12.1 Å². The Bertz CT molecular complexity index is 1190. The average molecular weight is 403 g/mol. The quantitative estimate of drug-likeness (QED) is 0.451. The molecule has 3 heterocycles. The number of benzene rings is 2. The molecule has 0 bridgehead atoms. The number of aromatic hydroxyl groups is 1. The lowest BCUT2D eigenvalue weighted by molar-refractivity contribution is 0.0693. The van der Waals surface area contributed by atoms with Gasteiger partial charge in [-0.3, -0.25) is 4.90 Å². The molecule has 1 saturated heterocycles. The summed E-state index contributed by atoms with van der Waals surface area (Å²) in [6.45, 7) is 1.62. The van der Waals surface area contributed by atoms with E-state index < -0.39 is 5.97 Å². The van der Waals surface area contributed by atoms with Crippen LogP contribution >= 0.6 is 0 Å². The van der Waals surface area contributed by atoms with Crippen molar-refractivity contribution in [2.45, 2.75) is 25.4 Å². The fourth-order valence-corrected chi connectivity index (χ4v) is 4.14. The number of carbonyl (C=O) groups is 1. The molecule has 30 heavy (non-hydrogen) atoms. The summed E-state index contributed by atoms with van der Waals surface area (Å²) in [6, 6.07) is 16.5. The van der Waals surface area contributed by atoms with Gasteiger partial charge in [-0.15, -0.1) is 0 Å². The van der Waals surface area contributed by atoms with Gasteiger partial charge in [0.15, 0.2) is 0 Å². The predicted molar refractivity (Wildman–Crippen MR) is 111 cm³/mol. The minimum Gasteiger partial charge on any atom is -0.507 e. The number of nitrogens with one attached hydrogen (secondary N) is 1. The molecule has 1 atom stereocenters. The molecule has 0 aliphatic carbocycles. The van der Waals surface area contributed by atoms with Crippen LogP contribution in [-0.4, -0.2) is 37.6 Å². The highest BCUT2D eigenvalue weighted by atomic mass is 16.4. The lowest BCUT2D eigenvalue weighted by atomic mass is 10.1. The number of phenols is 1. The molecule has 152 valence electrons. The first kappa shape index (κ1) is 18.4. The van der Waals surface area contributed by atoms with E-state index >= 15 is 0 Å². The molecule has 0 saturated carbocycles. The van der Waals surface area contributed by atoms with E-state index in [9.17, 15) is 9.90 Å². The van der Waals surface area contributed by atoms with Gasteiger partial charge in [0.05, 0.1) is 23.6 Å². The average Bonchev–Trinajstić information content (AvgIpc) is 3.47. The topological polar surface area (TPSA) is 103 Å².